The van der Waals surface area contributed by atoms with Crippen molar-refractivity contribution in [3.63, 3.8) is 0 Å². The van der Waals surface area contributed by atoms with E-state index in [4.69, 9.17) is 9.47 Å². The molecule has 124 valence electrons. The summed E-state index contributed by atoms with van der Waals surface area (Å²) in [5.74, 6) is -1.78. The van der Waals surface area contributed by atoms with Crippen LogP contribution in [-0.2, 0) is 9.53 Å². The molecule has 0 unspecified atom stereocenters. The van der Waals surface area contributed by atoms with Gasteiger partial charge in [0, 0.05) is 12.1 Å². The molecule has 0 aliphatic carbocycles. The zero-order valence-corrected chi connectivity index (χ0v) is 12.9. The van der Waals surface area contributed by atoms with Crippen molar-refractivity contribution >= 4 is 11.9 Å². The number of phenols is 1. The number of carbonyl (C=O) groups is 2. The Morgan fingerprint density at radius 3 is 2.71 bits per heavy atom. The summed E-state index contributed by atoms with van der Waals surface area (Å²) < 4.78 is 10.1. The number of hydrogen-bond acceptors (Lipinski definition) is 6. The largest absolute Gasteiger partial charge is 0.508 e. The summed E-state index contributed by atoms with van der Waals surface area (Å²) in [7, 11) is 0. The van der Waals surface area contributed by atoms with Crippen LogP contribution in [0.5, 0.6) is 11.5 Å². The highest BCUT2D eigenvalue weighted by molar-refractivity contribution is 5.94. The fourth-order valence-corrected chi connectivity index (χ4v) is 2.73. The number of fused-ring (bicyclic) bond motifs is 1. The topological polar surface area (TPSA) is 106 Å². The standard InChI is InChI=1S/C17H15NO6/c1-2-23-17(22)12-8-18-16(21)14-11(7-13(20)24-15(12)14)9-3-5-10(19)6-4-9/h3-6,8,11,19H,2,7H2,1H3,(H,18,21)/t11-/m0/s1. The predicted octanol–water partition coefficient (Wildman–Crippen LogP) is 1.70. The van der Waals surface area contributed by atoms with Crippen LogP contribution in [0.3, 0.4) is 0 Å². The van der Waals surface area contributed by atoms with Gasteiger partial charge in [-0.25, -0.2) is 4.79 Å². The molecule has 1 aliphatic rings. The number of pyridine rings is 1. The van der Waals surface area contributed by atoms with E-state index in [0.717, 1.165) is 0 Å². The quantitative estimate of drug-likeness (QED) is 0.830. The average Bonchev–Trinajstić information content (AvgIpc) is 2.55. The third-order valence-corrected chi connectivity index (χ3v) is 3.81. The van der Waals surface area contributed by atoms with Crippen molar-refractivity contribution in [2.75, 3.05) is 6.61 Å². The zero-order chi connectivity index (χ0) is 17.3. The molecule has 2 aromatic rings. The Bertz CT molecular complexity index is 852. The van der Waals surface area contributed by atoms with Crippen LogP contribution in [0.1, 0.15) is 40.7 Å². The van der Waals surface area contributed by atoms with Gasteiger partial charge in [-0.3, -0.25) is 9.59 Å². The molecule has 0 spiro atoms. The van der Waals surface area contributed by atoms with Crippen molar-refractivity contribution in [2.45, 2.75) is 19.3 Å². The number of phenolic OH excluding ortho intramolecular Hbond substituents is 1. The van der Waals surface area contributed by atoms with E-state index in [1.807, 2.05) is 0 Å². The lowest BCUT2D eigenvalue weighted by molar-refractivity contribution is -0.135. The molecule has 2 heterocycles. The number of aromatic nitrogens is 1. The lowest BCUT2D eigenvalue weighted by Crippen LogP contribution is -2.30. The first kappa shape index (κ1) is 15.8. The predicted molar refractivity (Wildman–Crippen MR) is 83.2 cm³/mol. The van der Waals surface area contributed by atoms with E-state index in [-0.39, 0.29) is 35.7 Å². The minimum Gasteiger partial charge on any atom is -0.508 e. The van der Waals surface area contributed by atoms with Crippen molar-refractivity contribution in [3.05, 3.63) is 57.5 Å². The second kappa shape index (κ2) is 6.19. The first-order valence-electron chi connectivity index (χ1n) is 7.43. The highest BCUT2D eigenvalue weighted by Crippen LogP contribution is 2.38. The van der Waals surface area contributed by atoms with Crippen molar-refractivity contribution in [2.24, 2.45) is 0 Å². The first-order chi connectivity index (χ1) is 11.5. The van der Waals surface area contributed by atoms with Crippen molar-refractivity contribution in [3.8, 4) is 11.5 Å². The van der Waals surface area contributed by atoms with Crippen LogP contribution in [-0.4, -0.2) is 28.6 Å². The third kappa shape index (κ3) is 2.76. The van der Waals surface area contributed by atoms with E-state index in [9.17, 15) is 19.5 Å². The van der Waals surface area contributed by atoms with Gasteiger partial charge in [0.05, 0.1) is 18.6 Å². The molecule has 0 bridgehead atoms. The molecule has 0 amide bonds. The molecule has 1 atom stereocenters. The van der Waals surface area contributed by atoms with Crippen molar-refractivity contribution < 1.29 is 24.2 Å². The molecule has 1 aliphatic heterocycles. The minimum atomic E-state index is -0.677. The molecule has 24 heavy (non-hydrogen) atoms. The van der Waals surface area contributed by atoms with E-state index in [1.165, 1.54) is 18.3 Å². The summed E-state index contributed by atoms with van der Waals surface area (Å²) in [6.45, 7) is 1.81. The number of ether oxygens (including phenoxy) is 2. The Balaban J connectivity index is 2.16. The number of aromatic hydroxyl groups is 1. The molecule has 2 N–H and O–H groups in total. The smallest absolute Gasteiger partial charge is 0.343 e. The minimum absolute atomic E-state index is 0.00304. The van der Waals surface area contributed by atoms with E-state index in [1.54, 1.807) is 19.1 Å². The third-order valence-electron chi connectivity index (χ3n) is 3.81. The fourth-order valence-electron chi connectivity index (χ4n) is 2.73. The monoisotopic (exact) mass is 329 g/mol. The Kier molecular flexibility index (Phi) is 4.07. The molecule has 1 aromatic carbocycles. The summed E-state index contributed by atoms with van der Waals surface area (Å²) in [6.07, 6.45) is 1.15. The van der Waals surface area contributed by atoms with E-state index in [0.29, 0.717) is 5.56 Å². The fraction of sp³-hybridized carbons (Fsp3) is 0.235. The summed E-state index contributed by atoms with van der Waals surface area (Å²) in [4.78, 5) is 38.8. The molecule has 7 heteroatoms. The molecule has 3 rings (SSSR count). The average molecular weight is 329 g/mol. The molecule has 1 aromatic heterocycles. The van der Waals surface area contributed by atoms with Gasteiger partial charge in [-0.05, 0) is 24.6 Å². The van der Waals surface area contributed by atoms with Gasteiger partial charge in [0.25, 0.3) is 5.56 Å². The molecule has 7 nitrogen and oxygen atoms in total. The van der Waals surface area contributed by atoms with Crippen molar-refractivity contribution in [1.82, 2.24) is 4.98 Å². The van der Waals surface area contributed by atoms with Crippen LogP contribution in [0.15, 0.2) is 35.3 Å². The maximum atomic E-state index is 12.3. The normalized spacial score (nSPS) is 16.2. The van der Waals surface area contributed by atoms with Gasteiger partial charge >= 0.3 is 11.9 Å². The Labute approximate surface area is 136 Å². The first-order valence-corrected chi connectivity index (χ1v) is 7.43. The summed E-state index contributed by atoms with van der Waals surface area (Å²) >= 11 is 0. The Hall–Kier alpha value is -3.09. The van der Waals surface area contributed by atoms with Gasteiger partial charge < -0.3 is 19.6 Å². The lowest BCUT2D eigenvalue weighted by Gasteiger charge is -2.25. The van der Waals surface area contributed by atoms with E-state index in [2.05, 4.69) is 4.98 Å². The van der Waals surface area contributed by atoms with Crippen LogP contribution in [0.25, 0.3) is 0 Å². The van der Waals surface area contributed by atoms with Crippen molar-refractivity contribution in [1.29, 1.82) is 0 Å². The number of aromatic amines is 1. The van der Waals surface area contributed by atoms with E-state index >= 15 is 0 Å². The molecule has 0 radical (unpaired) electrons. The van der Waals surface area contributed by atoms with Crippen LogP contribution in [0.4, 0.5) is 0 Å². The summed E-state index contributed by atoms with van der Waals surface area (Å²) in [5.41, 5.74) is 0.426. The van der Waals surface area contributed by atoms with Gasteiger partial charge in [0.1, 0.15) is 11.3 Å². The number of carbonyl (C=O) groups excluding carboxylic acids is 2. The lowest BCUT2D eigenvalue weighted by atomic mass is 9.86. The van der Waals surface area contributed by atoms with Crippen LogP contribution in [0, 0.1) is 0 Å². The van der Waals surface area contributed by atoms with E-state index < -0.39 is 23.4 Å². The molecular formula is C17H15NO6. The molecule has 0 fully saturated rings. The van der Waals surface area contributed by atoms with Gasteiger partial charge in [-0.15, -0.1) is 0 Å². The van der Waals surface area contributed by atoms with Crippen LogP contribution >= 0.6 is 0 Å². The summed E-state index contributed by atoms with van der Waals surface area (Å²) in [6, 6.07) is 6.19. The summed E-state index contributed by atoms with van der Waals surface area (Å²) in [5, 5.41) is 9.41. The highest BCUT2D eigenvalue weighted by atomic mass is 16.5. The maximum Gasteiger partial charge on any atom is 0.343 e. The highest BCUT2D eigenvalue weighted by Gasteiger charge is 2.34. The number of H-pyrrole nitrogens is 1. The maximum absolute atomic E-state index is 12.3. The number of nitrogens with one attached hydrogen (secondary N) is 1. The number of rotatable bonds is 3. The van der Waals surface area contributed by atoms with Gasteiger partial charge in [-0.2, -0.15) is 0 Å². The van der Waals surface area contributed by atoms with Gasteiger partial charge in [0.15, 0.2) is 5.75 Å². The second-order valence-electron chi connectivity index (χ2n) is 5.32. The number of benzene rings is 1. The molecule has 0 saturated heterocycles. The second-order valence-corrected chi connectivity index (χ2v) is 5.32. The SMILES string of the molecule is CCOC(=O)c1c[nH]c(=O)c2c1OC(=O)C[C@H]2c1ccc(O)cc1. The molecule has 0 saturated carbocycles. The zero-order valence-electron chi connectivity index (χ0n) is 12.9. The van der Waals surface area contributed by atoms with Crippen LogP contribution < -0.4 is 10.3 Å². The van der Waals surface area contributed by atoms with Crippen LogP contribution in [0.2, 0.25) is 0 Å². The Morgan fingerprint density at radius 1 is 1.33 bits per heavy atom. The number of hydrogen-bond donors (Lipinski definition) is 2. The number of esters is 2. The van der Waals surface area contributed by atoms with Gasteiger partial charge in [-0.1, -0.05) is 12.1 Å². The molecular weight excluding hydrogens is 314 g/mol. The van der Waals surface area contributed by atoms with Gasteiger partial charge in [0.2, 0.25) is 0 Å². The Morgan fingerprint density at radius 2 is 2.04 bits per heavy atom.